The van der Waals surface area contributed by atoms with Crippen LogP contribution < -0.4 is 0 Å². The Morgan fingerprint density at radius 2 is 1.70 bits per heavy atom. The number of amides is 1. The van der Waals surface area contributed by atoms with Gasteiger partial charge in [-0.3, -0.25) is 4.79 Å². The van der Waals surface area contributed by atoms with Crippen molar-refractivity contribution in [3.8, 4) is 0 Å². The lowest BCUT2D eigenvalue weighted by molar-refractivity contribution is -0.137. The fourth-order valence-corrected chi connectivity index (χ4v) is 4.78. The maximum Gasteiger partial charge on any atom is 0.416 e. The molecule has 1 aliphatic heterocycles. The van der Waals surface area contributed by atoms with E-state index in [4.69, 9.17) is 0 Å². The highest BCUT2D eigenvalue weighted by Gasteiger charge is 2.33. The van der Waals surface area contributed by atoms with Gasteiger partial charge in [0.1, 0.15) is 0 Å². The molecule has 1 fully saturated rings. The molecule has 0 spiro atoms. The molecule has 1 amide bonds. The third kappa shape index (κ3) is 4.52. The van der Waals surface area contributed by atoms with Crippen LogP contribution >= 0.6 is 0 Å². The van der Waals surface area contributed by atoms with Crippen molar-refractivity contribution in [3.63, 3.8) is 0 Å². The number of hydrogen-bond acceptors (Lipinski definition) is 3. The van der Waals surface area contributed by atoms with Crippen molar-refractivity contribution < 1.29 is 26.4 Å². The lowest BCUT2D eigenvalue weighted by atomic mass is 10.0. The van der Waals surface area contributed by atoms with Gasteiger partial charge in [0.15, 0.2) is 0 Å². The van der Waals surface area contributed by atoms with Gasteiger partial charge in [0.05, 0.1) is 10.5 Å². The standard InChI is InChI=1S/C18H21F3N2O3S/c19-18(20,21)15-5-7-16(8-6-15)27(25,26)23-11-9-22(10-12-23)17(24)13-14-3-1-2-4-14/h1,3,5-8,14H,2,4,9-13H2/t14-/m0/s1. The molecule has 1 heterocycles. The first-order chi connectivity index (χ1) is 12.7. The number of allylic oxidation sites excluding steroid dienone is 2. The molecular formula is C18H21F3N2O3S. The van der Waals surface area contributed by atoms with E-state index in [-0.39, 0.29) is 42.9 Å². The number of rotatable bonds is 4. The summed E-state index contributed by atoms with van der Waals surface area (Å²) >= 11 is 0. The van der Waals surface area contributed by atoms with Gasteiger partial charge < -0.3 is 4.90 Å². The second kappa shape index (κ2) is 7.63. The molecule has 0 bridgehead atoms. The van der Waals surface area contributed by atoms with Gasteiger partial charge in [-0.2, -0.15) is 17.5 Å². The van der Waals surface area contributed by atoms with E-state index in [2.05, 4.69) is 6.08 Å². The summed E-state index contributed by atoms with van der Waals surface area (Å²) in [6.45, 7) is 0.843. The van der Waals surface area contributed by atoms with Gasteiger partial charge in [-0.05, 0) is 43.0 Å². The first kappa shape index (κ1) is 19.9. The summed E-state index contributed by atoms with van der Waals surface area (Å²) in [6.07, 6.45) is 1.98. The smallest absolute Gasteiger partial charge is 0.340 e. The van der Waals surface area contributed by atoms with Gasteiger partial charge in [-0.1, -0.05) is 12.2 Å². The molecule has 0 unspecified atom stereocenters. The van der Waals surface area contributed by atoms with Crippen LogP contribution in [0.25, 0.3) is 0 Å². The maximum absolute atomic E-state index is 12.6. The van der Waals surface area contributed by atoms with Crippen LogP contribution in [0.3, 0.4) is 0 Å². The van der Waals surface area contributed by atoms with Crippen molar-refractivity contribution in [2.45, 2.75) is 30.3 Å². The molecule has 0 N–H and O–H groups in total. The fraction of sp³-hybridized carbons (Fsp3) is 0.500. The Hall–Kier alpha value is -1.87. The molecular weight excluding hydrogens is 381 g/mol. The van der Waals surface area contributed by atoms with Crippen LogP contribution in [0.15, 0.2) is 41.3 Å². The molecule has 9 heteroatoms. The number of carbonyl (C=O) groups excluding carboxylic acids is 1. The monoisotopic (exact) mass is 402 g/mol. The second-order valence-corrected chi connectivity index (χ2v) is 8.71. The Labute approximate surface area is 156 Å². The highest BCUT2D eigenvalue weighted by Crippen LogP contribution is 2.30. The normalized spacial score (nSPS) is 21.6. The van der Waals surface area contributed by atoms with Gasteiger partial charge in [0, 0.05) is 32.6 Å². The lowest BCUT2D eigenvalue weighted by Crippen LogP contribution is -2.50. The van der Waals surface area contributed by atoms with Gasteiger partial charge in [0.2, 0.25) is 15.9 Å². The van der Waals surface area contributed by atoms with E-state index in [0.717, 1.165) is 37.1 Å². The number of piperazine rings is 1. The average Bonchev–Trinajstić information content (AvgIpc) is 3.14. The minimum Gasteiger partial charge on any atom is -0.340 e. The zero-order chi connectivity index (χ0) is 19.7. The van der Waals surface area contributed by atoms with Crippen LogP contribution in [0.2, 0.25) is 0 Å². The molecule has 5 nitrogen and oxygen atoms in total. The van der Waals surface area contributed by atoms with E-state index >= 15 is 0 Å². The van der Waals surface area contributed by atoms with Crippen LogP contribution in [0, 0.1) is 5.92 Å². The zero-order valence-corrected chi connectivity index (χ0v) is 15.5. The zero-order valence-electron chi connectivity index (χ0n) is 14.7. The van der Waals surface area contributed by atoms with E-state index < -0.39 is 21.8 Å². The van der Waals surface area contributed by atoms with Crippen LogP contribution in [-0.4, -0.2) is 49.7 Å². The van der Waals surface area contributed by atoms with E-state index in [0.29, 0.717) is 6.42 Å². The Morgan fingerprint density at radius 1 is 1.07 bits per heavy atom. The predicted octanol–water partition coefficient (Wildman–Crippen LogP) is 2.89. The summed E-state index contributed by atoms with van der Waals surface area (Å²) in [6, 6.07) is 3.48. The highest BCUT2D eigenvalue weighted by molar-refractivity contribution is 7.89. The molecule has 148 valence electrons. The average molecular weight is 402 g/mol. The Balaban J connectivity index is 1.60. The molecule has 0 saturated carbocycles. The van der Waals surface area contributed by atoms with Crippen LogP contribution in [-0.2, 0) is 21.0 Å². The van der Waals surface area contributed by atoms with Gasteiger partial charge in [-0.15, -0.1) is 0 Å². The molecule has 27 heavy (non-hydrogen) atoms. The summed E-state index contributed by atoms with van der Waals surface area (Å²) in [5.74, 6) is 0.268. The van der Waals surface area contributed by atoms with E-state index in [1.807, 2.05) is 6.08 Å². The van der Waals surface area contributed by atoms with Crippen molar-refractivity contribution in [2.24, 2.45) is 5.92 Å². The van der Waals surface area contributed by atoms with Gasteiger partial charge in [-0.25, -0.2) is 8.42 Å². The largest absolute Gasteiger partial charge is 0.416 e. The van der Waals surface area contributed by atoms with Crippen LogP contribution in [0.1, 0.15) is 24.8 Å². The number of hydrogen-bond donors (Lipinski definition) is 0. The quantitative estimate of drug-likeness (QED) is 0.728. The van der Waals surface area contributed by atoms with Crippen LogP contribution in [0.5, 0.6) is 0 Å². The first-order valence-corrected chi connectivity index (χ1v) is 10.2. The van der Waals surface area contributed by atoms with E-state index in [9.17, 15) is 26.4 Å². The highest BCUT2D eigenvalue weighted by atomic mass is 32.2. The number of alkyl halides is 3. The first-order valence-electron chi connectivity index (χ1n) is 8.80. The molecule has 2 aliphatic rings. The number of nitrogens with zero attached hydrogens (tertiary/aromatic N) is 2. The lowest BCUT2D eigenvalue weighted by Gasteiger charge is -2.34. The number of benzene rings is 1. The Kier molecular flexibility index (Phi) is 5.62. The molecule has 1 aromatic carbocycles. The third-order valence-corrected chi connectivity index (χ3v) is 6.87. The minimum absolute atomic E-state index is 0.0122. The fourth-order valence-electron chi connectivity index (χ4n) is 3.36. The topological polar surface area (TPSA) is 57.7 Å². The number of sulfonamides is 1. The van der Waals surface area contributed by atoms with E-state index in [1.165, 1.54) is 4.31 Å². The minimum atomic E-state index is -4.51. The molecule has 1 aromatic rings. The molecule has 3 rings (SSSR count). The number of halogens is 3. The summed E-state index contributed by atoms with van der Waals surface area (Å²) in [5, 5.41) is 0. The summed E-state index contributed by atoms with van der Waals surface area (Å²) < 4.78 is 64.4. The van der Waals surface area contributed by atoms with Crippen LogP contribution in [0.4, 0.5) is 13.2 Å². The Morgan fingerprint density at radius 3 is 2.22 bits per heavy atom. The summed E-state index contributed by atoms with van der Waals surface area (Å²) in [5.41, 5.74) is -0.891. The van der Waals surface area contributed by atoms with Crippen molar-refractivity contribution in [1.29, 1.82) is 0 Å². The van der Waals surface area contributed by atoms with Crippen molar-refractivity contribution in [2.75, 3.05) is 26.2 Å². The third-order valence-electron chi connectivity index (χ3n) is 4.96. The molecule has 1 saturated heterocycles. The maximum atomic E-state index is 12.6. The number of carbonyl (C=O) groups is 1. The van der Waals surface area contributed by atoms with E-state index in [1.54, 1.807) is 4.90 Å². The van der Waals surface area contributed by atoms with Crippen molar-refractivity contribution in [1.82, 2.24) is 9.21 Å². The predicted molar refractivity (Wildman–Crippen MR) is 93.3 cm³/mol. The molecule has 1 aliphatic carbocycles. The Bertz CT molecular complexity index is 811. The van der Waals surface area contributed by atoms with Gasteiger partial charge >= 0.3 is 6.18 Å². The SMILES string of the molecule is O=C(C[C@H]1C=CCC1)N1CCN(S(=O)(=O)c2ccc(C(F)(F)F)cc2)CC1. The second-order valence-electron chi connectivity index (χ2n) is 6.78. The molecule has 0 radical (unpaired) electrons. The summed E-state index contributed by atoms with van der Waals surface area (Å²) in [4.78, 5) is 13.8. The van der Waals surface area contributed by atoms with Gasteiger partial charge in [0.25, 0.3) is 0 Å². The molecule has 0 aromatic heterocycles. The summed E-state index contributed by atoms with van der Waals surface area (Å²) in [7, 11) is -3.88. The van der Waals surface area contributed by atoms with Crippen molar-refractivity contribution >= 4 is 15.9 Å². The molecule has 1 atom stereocenters. The van der Waals surface area contributed by atoms with Crippen molar-refractivity contribution in [3.05, 3.63) is 42.0 Å².